The third kappa shape index (κ3) is 3.44. The Labute approximate surface area is 115 Å². The maximum absolute atomic E-state index is 12.0. The molecule has 1 heterocycles. The summed E-state index contributed by atoms with van der Waals surface area (Å²) in [6, 6.07) is 7.64. The second-order valence-corrected chi connectivity index (χ2v) is 5.94. The highest BCUT2D eigenvalue weighted by molar-refractivity contribution is 7.89. The number of pyridine rings is 1. The van der Waals surface area contributed by atoms with Gasteiger partial charge < -0.3 is 5.11 Å². The summed E-state index contributed by atoms with van der Waals surface area (Å²) >= 11 is 5.82. The molecule has 0 aliphatic rings. The Hall–Kier alpha value is -1.63. The van der Waals surface area contributed by atoms with Gasteiger partial charge in [0.15, 0.2) is 0 Å². The Kier molecular flexibility index (Phi) is 4.04. The van der Waals surface area contributed by atoms with Gasteiger partial charge in [0, 0.05) is 18.9 Å². The van der Waals surface area contributed by atoms with Gasteiger partial charge in [-0.1, -0.05) is 23.7 Å². The third-order valence-corrected chi connectivity index (χ3v) is 4.30. The molecular formula is C12H11ClN2O3S. The summed E-state index contributed by atoms with van der Waals surface area (Å²) in [7, 11) is -3.71. The Morgan fingerprint density at radius 3 is 2.53 bits per heavy atom. The van der Waals surface area contributed by atoms with Crippen molar-refractivity contribution in [1.82, 2.24) is 9.71 Å². The Bertz CT molecular complexity index is 672. The molecule has 1 aromatic carbocycles. The molecule has 2 N–H and O–H groups in total. The third-order valence-electron chi connectivity index (χ3n) is 2.43. The first-order chi connectivity index (χ1) is 8.99. The lowest BCUT2D eigenvalue weighted by Crippen LogP contribution is -2.23. The molecule has 0 atom stereocenters. The van der Waals surface area contributed by atoms with E-state index < -0.39 is 10.0 Å². The quantitative estimate of drug-likeness (QED) is 0.904. The van der Waals surface area contributed by atoms with Crippen molar-refractivity contribution >= 4 is 21.6 Å². The summed E-state index contributed by atoms with van der Waals surface area (Å²) in [5.74, 6) is 0.127. The van der Waals surface area contributed by atoms with Gasteiger partial charge in [-0.25, -0.2) is 13.1 Å². The fourth-order valence-corrected chi connectivity index (χ4v) is 2.88. The molecule has 0 saturated heterocycles. The van der Waals surface area contributed by atoms with Gasteiger partial charge in [-0.05, 0) is 23.8 Å². The lowest BCUT2D eigenvalue weighted by atomic mass is 10.2. The van der Waals surface area contributed by atoms with Crippen LogP contribution in [0.15, 0.2) is 47.6 Å². The molecule has 0 aliphatic heterocycles. The minimum atomic E-state index is -3.71. The topological polar surface area (TPSA) is 79.3 Å². The van der Waals surface area contributed by atoms with Crippen LogP contribution in [-0.4, -0.2) is 18.5 Å². The van der Waals surface area contributed by atoms with Crippen molar-refractivity contribution in [3.8, 4) is 5.75 Å². The van der Waals surface area contributed by atoms with E-state index in [-0.39, 0.29) is 22.2 Å². The number of hydrogen-bond acceptors (Lipinski definition) is 4. The van der Waals surface area contributed by atoms with E-state index in [9.17, 15) is 8.42 Å². The monoisotopic (exact) mass is 298 g/mol. The fraction of sp³-hybridized carbons (Fsp3) is 0.0833. The van der Waals surface area contributed by atoms with Crippen molar-refractivity contribution in [2.75, 3.05) is 0 Å². The number of benzene rings is 1. The van der Waals surface area contributed by atoms with Crippen molar-refractivity contribution in [2.45, 2.75) is 11.4 Å². The number of aromatic hydroxyl groups is 1. The van der Waals surface area contributed by atoms with E-state index in [1.807, 2.05) is 0 Å². The van der Waals surface area contributed by atoms with E-state index >= 15 is 0 Å². The average molecular weight is 299 g/mol. The van der Waals surface area contributed by atoms with Crippen molar-refractivity contribution < 1.29 is 13.5 Å². The largest absolute Gasteiger partial charge is 0.508 e. The molecule has 100 valence electrons. The number of halogens is 1. The van der Waals surface area contributed by atoms with Crippen LogP contribution in [0.5, 0.6) is 5.75 Å². The zero-order valence-corrected chi connectivity index (χ0v) is 11.3. The van der Waals surface area contributed by atoms with E-state index in [4.69, 9.17) is 16.7 Å². The molecule has 0 fully saturated rings. The highest BCUT2D eigenvalue weighted by atomic mass is 35.5. The van der Waals surface area contributed by atoms with Gasteiger partial charge in [0.25, 0.3) is 0 Å². The van der Waals surface area contributed by atoms with Crippen LogP contribution in [0.25, 0.3) is 0 Å². The van der Waals surface area contributed by atoms with E-state index in [0.717, 1.165) is 5.56 Å². The zero-order chi connectivity index (χ0) is 13.9. The molecule has 0 aliphatic carbocycles. The molecule has 0 spiro atoms. The summed E-state index contributed by atoms with van der Waals surface area (Å²) in [5.41, 5.74) is 0.724. The normalized spacial score (nSPS) is 11.4. The highest BCUT2D eigenvalue weighted by Crippen LogP contribution is 2.19. The van der Waals surface area contributed by atoms with Crippen LogP contribution in [-0.2, 0) is 16.6 Å². The van der Waals surface area contributed by atoms with E-state index in [1.54, 1.807) is 12.1 Å². The van der Waals surface area contributed by atoms with Crippen LogP contribution >= 0.6 is 11.6 Å². The maximum atomic E-state index is 12.0. The molecule has 19 heavy (non-hydrogen) atoms. The van der Waals surface area contributed by atoms with Gasteiger partial charge in [-0.2, -0.15) is 0 Å². The molecule has 5 nitrogen and oxygen atoms in total. The van der Waals surface area contributed by atoms with E-state index in [0.29, 0.717) is 0 Å². The van der Waals surface area contributed by atoms with Gasteiger partial charge >= 0.3 is 0 Å². The standard InChI is InChI=1S/C12H11ClN2O3S/c13-11-5-6-14-8-12(11)19(17,18)15-7-9-1-3-10(16)4-2-9/h1-6,8,15-16H,7H2. The number of nitrogens with one attached hydrogen (secondary N) is 1. The molecule has 0 amide bonds. The Morgan fingerprint density at radius 1 is 1.21 bits per heavy atom. The molecule has 2 rings (SSSR count). The van der Waals surface area contributed by atoms with Gasteiger partial charge in [-0.15, -0.1) is 0 Å². The average Bonchev–Trinajstić information content (AvgIpc) is 2.38. The second kappa shape index (κ2) is 5.56. The minimum absolute atomic E-state index is 0.0598. The second-order valence-electron chi connectivity index (χ2n) is 3.80. The fourth-order valence-electron chi connectivity index (χ4n) is 1.43. The van der Waals surface area contributed by atoms with Crippen LogP contribution in [0.1, 0.15) is 5.56 Å². The van der Waals surface area contributed by atoms with Crippen LogP contribution in [0.2, 0.25) is 5.02 Å². The molecule has 2 aromatic rings. The minimum Gasteiger partial charge on any atom is -0.508 e. The predicted octanol–water partition coefficient (Wildman–Crippen LogP) is 1.92. The molecule has 1 aromatic heterocycles. The molecule has 0 radical (unpaired) electrons. The number of rotatable bonds is 4. The smallest absolute Gasteiger partial charge is 0.243 e. The Balaban J connectivity index is 2.14. The number of phenols is 1. The van der Waals surface area contributed by atoms with Crippen molar-refractivity contribution in [2.24, 2.45) is 0 Å². The zero-order valence-electron chi connectivity index (χ0n) is 9.75. The number of hydrogen-bond donors (Lipinski definition) is 2. The van der Waals surface area contributed by atoms with Crippen LogP contribution in [0.3, 0.4) is 0 Å². The van der Waals surface area contributed by atoms with Crippen LogP contribution in [0, 0.1) is 0 Å². The van der Waals surface area contributed by atoms with Gasteiger partial charge in [0.1, 0.15) is 10.6 Å². The van der Waals surface area contributed by atoms with Crippen molar-refractivity contribution in [3.63, 3.8) is 0 Å². The first-order valence-corrected chi connectivity index (χ1v) is 7.22. The first kappa shape index (κ1) is 13.8. The molecule has 0 unspecified atom stereocenters. The highest BCUT2D eigenvalue weighted by Gasteiger charge is 2.17. The van der Waals surface area contributed by atoms with E-state index in [1.165, 1.54) is 30.6 Å². The van der Waals surface area contributed by atoms with E-state index in [2.05, 4.69) is 9.71 Å². The van der Waals surface area contributed by atoms with Crippen LogP contribution < -0.4 is 4.72 Å². The lowest BCUT2D eigenvalue weighted by molar-refractivity contribution is 0.475. The number of nitrogens with zero attached hydrogens (tertiary/aromatic N) is 1. The molecule has 0 bridgehead atoms. The van der Waals surface area contributed by atoms with Gasteiger partial charge in [-0.3, -0.25) is 4.98 Å². The van der Waals surface area contributed by atoms with Crippen molar-refractivity contribution in [3.05, 3.63) is 53.3 Å². The van der Waals surface area contributed by atoms with Crippen molar-refractivity contribution in [1.29, 1.82) is 0 Å². The van der Waals surface area contributed by atoms with Gasteiger partial charge in [0.2, 0.25) is 10.0 Å². The number of phenolic OH excluding ortho intramolecular Hbond substituents is 1. The van der Waals surface area contributed by atoms with Gasteiger partial charge in [0.05, 0.1) is 5.02 Å². The number of aromatic nitrogens is 1. The number of sulfonamides is 1. The summed E-state index contributed by atoms with van der Waals surface area (Å²) in [6.45, 7) is 0.105. The summed E-state index contributed by atoms with van der Waals surface area (Å²) in [4.78, 5) is 3.68. The predicted molar refractivity (Wildman–Crippen MR) is 71.4 cm³/mol. The SMILES string of the molecule is O=S(=O)(NCc1ccc(O)cc1)c1cnccc1Cl. The summed E-state index contributed by atoms with van der Waals surface area (Å²) in [5, 5.41) is 9.25. The lowest BCUT2D eigenvalue weighted by Gasteiger charge is -2.07. The molecule has 7 heteroatoms. The van der Waals surface area contributed by atoms with Crippen LogP contribution in [0.4, 0.5) is 0 Å². The molecular weight excluding hydrogens is 288 g/mol. The summed E-state index contributed by atoms with van der Waals surface area (Å²) < 4.78 is 26.4. The molecule has 0 saturated carbocycles. The summed E-state index contributed by atoms with van der Waals surface area (Å²) in [6.07, 6.45) is 2.61. The maximum Gasteiger partial charge on any atom is 0.243 e. The first-order valence-electron chi connectivity index (χ1n) is 5.36. The Morgan fingerprint density at radius 2 is 1.89 bits per heavy atom.